The zero-order chi connectivity index (χ0) is 14.7. The first-order valence-electron chi connectivity index (χ1n) is 7.76. The number of anilines is 1. The minimum atomic E-state index is -0.864. The minimum absolute atomic E-state index is 0.373. The molecule has 0 unspecified atom stereocenters. The molecular weight excluding hydrogens is 262 g/mol. The van der Waals surface area contributed by atoms with E-state index in [-0.39, 0.29) is 0 Å². The molecule has 110 valence electrons. The van der Waals surface area contributed by atoms with E-state index in [1.807, 2.05) is 30.3 Å². The number of hydrogen-bond donors (Lipinski definition) is 2. The van der Waals surface area contributed by atoms with Gasteiger partial charge in [0.1, 0.15) is 0 Å². The van der Waals surface area contributed by atoms with Crippen LogP contribution in [0.4, 0.5) is 5.69 Å². The average Bonchev–Trinajstić information content (AvgIpc) is 2.75. The third kappa shape index (κ3) is 3.18. The predicted octanol–water partition coefficient (Wildman–Crippen LogP) is 4.67. The summed E-state index contributed by atoms with van der Waals surface area (Å²) in [5, 5.41) is 15.0. The Hall–Kier alpha value is -2.03. The summed E-state index contributed by atoms with van der Waals surface area (Å²) in [7, 11) is 0. The van der Waals surface area contributed by atoms with E-state index in [1.165, 1.54) is 25.7 Å². The van der Waals surface area contributed by atoms with E-state index in [4.69, 9.17) is 0 Å². The highest BCUT2D eigenvalue weighted by atomic mass is 16.4. The van der Waals surface area contributed by atoms with Crippen LogP contribution in [0.2, 0.25) is 0 Å². The quantitative estimate of drug-likeness (QED) is 0.805. The molecule has 1 fully saturated rings. The highest BCUT2D eigenvalue weighted by molar-refractivity contribution is 6.00. The standard InChI is InChI=1S/C18H21NO2/c20-18(21)16-11-13-7-5-6-8-14(13)12-17(16)19-15-9-3-1-2-4-10-15/h5-8,11-12,15,19H,1-4,9-10H2,(H,20,21). The van der Waals surface area contributed by atoms with Gasteiger partial charge in [0.2, 0.25) is 0 Å². The first-order valence-corrected chi connectivity index (χ1v) is 7.76. The lowest BCUT2D eigenvalue weighted by Gasteiger charge is -2.19. The van der Waals surface area contributed by atoms with Crippen LogP contribution in [0.1, 0.15) is 48.9 Å². The molecule has 0 saturated heterocycles. The number of nitrogens with one attached hydrogen (secondary N) is 1. The van der Waals surface area contributed by atoms with E-state index in [0.29, 0.717) is 11.6 Å². The summed E-state index contributed by atoms with van der Waals surface area (Å²) in [4.78, 5) is 11.5. The summed E-state index contributed by atoms with van der Waals surface area (Å²) < 4.78 is 0. The maximum Gasteiger partial charge on any atom is 0.337 e. The van der Waals surface area contributed by atoms with Crippen molar-refractivity contribution in [2.45, 2.75) is 44.6 Å². The lowest BCUT2D eigenvalue weighted by atomic mass is 10.0. The molecule has 1 aliphatic rings. The Balaban J connectivity index is 1.95. The van der Waals surface area contributed by atoms with Crippen molar-refractivity contribution in [3.63, 3.8) is 0 Å². The second-order valence-corrected chi connectivity index (χ2v) is 5.88. The van der Waals surface area contributed by atoms with Gasteiger partial charge in [0.05, 0.1) is 5.56 Å². The monoisotopic (exact) mass is 283 g/mol. The molecule has 2 aromatic rings. The molecule has 0 heterocycles. The normalized spacial score (nSPS) is 16.6. The highest BCUT2D eigenvalue weighted by Crippen LogP contribution is 2.27. The van der Waals surface area contributed by atoms with E-state index in [0.717, 1.165) is 29.3 Å². The molecule has 0 atom stereocenters. The van der Waals surface area contributed by atoms with Gasteiger partial charge < -0.3 is 10.4 Å². The Morgan fingerprint density at radius 2 is 1.62 bits per heavy atom. The Labute approximate surface area is 125 Å². The number of rotatable bonds is 3. The smallest absolute Gasteiger partial charge is 0.337 e. The summed E-state index contributed by atoms with van der Waals surface area (Å²) in [5.41, 5.74) is 1.13. The van der Waals surface area contributed by atoms with Crippen LogP contribution in [-0.4, -0.2) is 17.1 Å². The molecular formula is C18H21NO2. The lowest BCUT2D eigenvalue weighted by Crippen LogP contribution is -2.20. The SMILES string of the molecule is O=C(O)c1cc2ccccc2cc1NC1CCCCCC1. The lowest BCUT2D eigenvalue weighted by molar-refractivity contribution is 0.0698. The minimum Gasteiger partial charge on any atom is -0.478 e. The fraction of sp³-hybridized carbons (Fsp3) is 0.389. The summed E-state index contributed by atoms with van der Waals surface area (Å²) >= 11 is 0. The molecule has 21 heavy (non-hydrogen) atoms. The zero-order valence-electron chi connectivity index (χ0n) is 12.1. The van der Waals surface area contributed by atoms with Crippen LogP contribution in [0, 0.1) is 0 Å². The largest absolute Gasteiger partial charge is 0.478 e. The third-order valence-corrected chi connectivity index (χ3v) is 4.33. The maximum atomic E-state index is 11.5. The molecule has 0 spiro atoms. The van der Waals surface area contributed by atoms with E-state index >= 15 is 0 Å². The molecule has 0 amide bonds. The molecule has 2 N–H and O–H groups in total. The van der Waals surface area contributed by atoms with Crippen molar-refractivity contribution in [2.75, 3.05) is 5.32 Å². The molecule has 3 heteroatoms. The second-order valence-electron chi connectivity index (χ2n) is 5.88. The number of fused-ring (bicyclic) bond motifs is 1. The number of carbonyl (C=O) groups is 1. The number of benzene rings is 2. The number of hydrogen-bond acceptors (Lipinski definition) is 2. The van der Waals surface area contributed by atoms with Crippen LogP contribution in [-0.2, 0) is 0 Å². The topological polar surface area (TPSA) is 49.3 Å². The van der Waals surface area contributed by atoms with Gasteiger partial charge >= 0.3 is 5.97 Å². The van der Waals surface area contributed by atoms with Crippen LogP contribution >= 0.6 is 0 Å². The predicted molar refractivity (Wildman–Crippen MR) is 86.0 cm³/mol. The molecule has 1 aliphatic carbocycles. The van der Waals surface area contributed by atoms with Crippen molar-refractivity contribution >= 4 is 22.4 Å². The van der Waals surface area contributed by atoms with Crippen molar-refractivity contribution < 1.29 is 9.90 Å². The molecule has 1 saturated carbocycles. The van der Waals surface area contributed by atoms with Gasteiger partial charge in [-0.25, -0.2) is 4.79 Å². The van der Waals surface area contributed by atoms with Gasteiger partial charge in [0, 0.05) is 11.7 Å². The number of carboxylic acids is 1. The summed E-state index contributed by atoms with van der Waals surface area (Å²) in [5.74, 6) is -0.864. The molecule has 0 radical (unpaired) electrons. The van der Waals surface area contributed by atoms with Crippen molar-refractivity contribution in [3.8, 4) is 0 Å². The fourth-order valence-corrected chi connectivity index (χ4v) is 3.18. The number of carboxylic acid groups (broad SMARTS) is 1. The molecule has 0 aliphatic heterocycles. The van der Waals surface area contributed by atoms with Crippen LogP contribution in [0.15, 0.2) is 36.4 Å². The maximum absolute atomic E-state index is 11.5. The Kier molecular flexibility index (Phi) is 4.09. The summed E-state index contributed by atoms with van der Waals surface area (Å²) in [6.45, 7) is 0. The van der Waals surface area contributed by atoms with Gasteiger partial charge in [-0.15, -0.1) is 0 Å². The molecule has 0 bridgehead atoms. The van der Waals surface area contributed by atoms with Crippen molar-refractivity contribution in [3.05, 3.63) is 42.0 Å². The average molecular weight is 283 g/mol. The number of aromatic carboxylic acids is 1. The highest BCUT2D eigenvalue weighted by Gasteiger charge is 2.17. The Morgan fingerprint density at radius 3 is 2.24 bits per heavy atom. The van der Waals surface area contributed by atoms with E-state index < -0.39 is 5.97 Å². The van der Waals surface area contributed by atoms with Crippen LogP contribution in [0.3, 0.4) is 0 Å². The third-order valence-electron chi connectivity index (χ3n) is 4.33. The van der Waals surface area contributed by atoms with Gasteiger partial charge in [-0.05, 0) is 35.7 Å². The van der Waals surface area contributed by atoms with Gasteiger partial charge in [-0.1, -0.05) is 49.9 Å². The van der Waals surface area contributed by atoms with Crippen LogP contribution in [0.25, 0.3) is 10.8 Å². The van der Waals surface area contributed by atoms with Crippen LogP contribution < -0.4 is 5.32 Å². The summed E-state index contributed by atoms with van der Waals surface area (Å²) in [6.07, 6.45) is 7.31. The van der Waals surface area contributed by atoms with Gasteiger partial charge in [0.15, 0.2) is 0 Å². The Morgan fingerprint density at radius 1 is 1.00 bits per heavy atom. The van der Waals surface area contributed by atoms with Crippen molar-refractivity contribution in [1.82, 2.24) is 0 Å². The van der Waals surface area contributed by atoms with Gasteiger partial charge in [-0.3, -0.25) is 0 Å². The van der Waals surface area contributed by atoms with Gasteiger partial charge in [0.25, 0.3) is 0 Å². The Bertz CT molecular complexity index is 643. The summed E-state index contributed by atoms with van der Waals surface area (Å²) in [6, 6.07) is 12.0. The van der Waals surface area contributed by atoms with Gasteiger partial charge in [-0.2, -0.15) is 0 Å². The van der Waals surface area contributed by atoms with Crippen molar-refractivity contribution in [2.24, 2.45) is 0 Å². The van der Waals surface area contributed by atoms with Crippen molar-refractivity contribution in [1.29, 1.82) is 0 Å². The van der Waals surface area contributed by atoms with E-state index in [1.54, 1.807) is 6.07 Å². The van der Waals surface area contributed by atoms with E-state index in [2.05, 4.69) is 5.32 Å². The zero-order valence-corrected chi connectivity index (χ0v) is 12.1. The fourth-order valence-electron chi connectivity index (χ4n) is 3.18. The first-order chi connectivity index (χ1) is 10.2. The van der Waals surface area contributed by atoms with E-state index in [9.17, 15) is 9.90 Å². The molecule has 2 aromatic carbocycles. The van der Waals surface area contributed by atoms with Crippen LogP contribution in [0.5, 0.6) is 0 Å². The first kappa shape index (κ1) is 13.9. The molecule has 0 aromatic heterocycles. The molecule has 3 nitrogen and oxygen atoms in total. The molecule has 3 rings (SSSR count). The second kappa shape index (κ2) is 6.17.